The van der Waals surface area contributed by atoms with Gasteiger partial charge in [-0.15, -0.1) is 5.06 Å². The zero-order chi connectivity index (χ0) is 39.8. The Morgan fingerprint density at radius 2 is 1.06 bits per heavy atom. The van der Waals surface area contributed by atoms with E-state index < -0.39 is 42.4 Å². The van der Waals surface area contributed by atoms with Crippen LogP contribution in [0.15, 0.2) is 0 Å². The number of carbonyl (C=O) groups is 8. The number of carbonyl (C=O) groups excluding carboxylic acids is 6. The standard InChI is InChI=1S/C35H58N4O15/c40-28(14-13-27(35(48)49)38-29(41)11-9-7-5-3-1-2-4-6-8-10-12-33(45)46)36-17-19-50-21-23-52-25-30(42)37-18-20-51-22-24-53-26-34(47)54-39-31(43)15-16-32(39)44/h27H,1-26H2,(H,36,40)(H,37,42)(H,38,41)(H,45,46)(H,48,49). The van der Waals surface area contributed by atoms with Crippen molar-refractivity contribution in [2.24, 2.45) is 0 Å². The summed E-state index contributed by atoms with van der Waals surface area (Å²) in [5, 5.41) is 26.2. The van der Waals surface area contributed by atoms with E-state index in [0.29, 0.717) is 11.5 Å². The SMILES string of the molecule is O=C(O)CCCCCCCCCCCCC(=O)NC(CCC(=O)NCCOCCOCC(=O)NCCOCCOCC(=O)ON1C(=O)CCC1=O)C(=O)O. The van der Waals surface area contributed by atoms with Crippen LogP contribution in [0.25, 0.3) is 0 Å². The number of hydroxylamine groups is 2. The fraction of sp³-hybridized carbons (Fsp3) is 0.771. The van der Waals surface area contributed by atoms with E-state index in [9.17, 15) is 43.5 Å². The second-order valence-electron chi connectivity index (χ2n) is 12.5. The summed E-state index contributed by atoms with van der Waals surface area (Å²) in [4.78, 5) is 97.3. The van der Waals surface area contributed by atoms with Gasteiger partial charge in [0.15, 0.2) is 0 Å². The molecular weight excluding hydrogens is 716 g/mol. The topological polar surface area (TPSA) is 262 Å². The van der Waals surface area contributed by atoms with Gasteiger partial charge in [-0.25, -0.2) is 9.59 Å². The molecule has 0 aromatic carbocycles. The molecule has 308 valence electrons. The van der Waals surface area contributed by atoms with Crippen molar-refractivity contribution in [2.45, 2.75) is 109 Å². The molecule has 0 aliphatic carbocycles. The van der Waals surface area contributed by atoms with Crippen LogP contribution in [-0.4, -0.2) is 135 Å². The van der Waals surface area contributed by atoms with Crippen molar-refractivity contribution in [3.63, 3.8) is 0 Å². The molecule has 0 saturated carbocycles. The molecule has 1 aliphatic heterocycles. The minimum atomic E-state index is -1.21. The van der Waals surface area contributed by atoms with E-state index >= 15 is 0 Å². The molecule has 1 saturated heterocycles. The lowest BCUT2D eigenvalue weighted by atomic mass is 10.0. The Morgan fingerprint density at radius 1 is 0.574 bits per heavy atom. The molecule has 0 spiro atoms. The minimum absolute atomic E-state index is 0.00101. The van der Waals surface area contributed by atoms with Crippen molar-refractivity contribution in [1.82, 2.24) is 21.0 Å². The Labute approximate surface area is 315 Å². The van der Waals surface area contributed by atoms with Crippen LogP contribution in [0, 0.1) is 0 Å². The number of hydrogen-bond donors (Lipinski definition) is 5. The third kappa shape index (κ3) is 26.5. The number of carboxylic acid groups (broad SMARTS) is 2. The molecule has 1 rings (SSSR count). The zero-order valence-corrected chi connectivity index (χ0v) is 31.1. The van der Waals surface area contributed by atoms with Gasteiger partial charge in [-0.05, 0) is 19.3 Å². The number of rotatable bonds is 35. The van der Waals surface area contributed by atoms with Gasteiger partial charge >= 0.3 is 17.9 Å². The number of aliphatic carboxylic acids is 2. The van der Waals surface area contributed by atoms with Crippen LogP contribution in [0.3, 0.4) is 0 Å². The molecule has 19 heteroatoms. The second-order valence-corrected chi connectivity index (χ2v) is 12.5. The Morgan fingerprint density at radius 3 is 1.59 bits per heavy atom. The maximum Gasteiger partial charge on any atom is 0.358 e. The largest absolute Gasteiger partial charge is 0.481 e. The van der Waals surface area contributed by atoms with E-state index in [1.54, 1.807) is 0 Å². The predicted octanol–water partition coefficient (Wildman–Crippen LogP) is 1.01. The van der Waals surface area contributed by atoms with E-state index in [2.05, 4.69) is 20.8 Å². The van der Waals surface area contributed by atoms with Crippen molar-refractivity contribution < 1.29 is 72.4 Å². The Kier molecular flexibility index (Phi) is 27.6. The first-order valence-corrected chi connectivity index (χ1v) is 18.6. The lowest BCUT2D eigenvalue weighted by Crippen LogP contribution is -2.41. The van der Waals surface area contributed by atoms with Crippen LogP contribution in [-0.2, 0) is 62.1 Å². The highest BCUT2D eigenvalue weighted by Gasteiger charge is 2.32. The second kappa shape index (κ2) is 31.2. The van der Waals surface area contributed by atoms with Crippen LogP contribution in [0.1, 0.15) is 103 Å². The average Bonchev–Trinajstić information content (AvgIpc) is 3.44. The van der Waals surface area contributed by atoms with Crippen LogP contribution < -0.4 is 16.0 Å². The third-order valence-electron chi connectivity index (χ3n) is 7.87. The van der Waals surface area contributed by atoms with Crippen molar-refractivity contribution in [3.05, 3.63) is 0 Å². The molecule has 5 amide bonds. The summed E-state index contributed by atoms with van der Waals surface area (Å²) in [6.07, 6.45) is 9.89. The van der Waals surface area contributed by atoms with Crippen molar-refractivity contribution >= 4 is 47.4 Å². The highest BCUT2D eigenvalue weighted by molar-refractivity contribution is 6.01. The zero-order valence-electron chi connectivity index (χ0n) is 31.1. The van der Waals surface area contributed by atoms with Crippen LogP contribution in [0.2, 0.25) is 0 Å². The summed E-state index contributed by atoms with van der Waals surface area (Å²) >= 11 is 0. The average molecular weight is 775 g/mol. The normalized spacial score (nSPS) is 13.1. The lowest BCUT2D eigenvalue weighted by Gasteiger charge is -2.14. The summed E-state index contributed by atoms with van der Waals surface area (Å²) in [5.41, 5.74) is 0. The predicted molar refractivity (Wildman–Crippen MR) is 188 cm³/mol. The number of nitrogens with one attached hydrogen (secondary N) is 3. The molecule has 1 aliphatic rings. The quantitative estimate of drug-likeness (QED) is 0.0445. The molecule has 1 unspecified atom stereocenters. The van der Waals surface area contributed by atoms with Gasteiger partial charge < -0.3 is 49.9 Å². The van der Waals surface area contributed by atoms with Gasteiger partial charge in [0.25, 0.3) is 11.8 Å². The van der Waals surface area contributed by atoms with Gasteiger partial charge in [-0.3, -0.25) is 28.8 Å². The smallest absolute Gasteiger partial charge is 0.358 e. The van der Waals surface area contributed by atoms with Crippen LogP contribution in [0.4, 0.5) is 0 Å². The molecule has 0 aromatic rings. The molecular formula is C35H58N4O15. The summed E-state index contributed by atoms with van der Waals surface area (Å²) in [6.45, 7) is 0.584. The first-order chi connectivity index (χ1) is 26.0. The molecule has 19 nitrogen and oxygen atoms in total. The number of nitrogens with zero attached hydrogens (tertiary/aromatic N) is 1. The van der Waals surface area contributed by atoms with E-state index in [1.807, 2.05) is 0 Å². The van der Waals surface area contributed by atoms with Gasteiger partial charge in [-0.1, -0.05) is 51.4 Å². The van der Waals surface area contributed by atoms with Gasteiger partial charge in [0, 0.05) is 45.2 Å². The summed E-state index contributed by atoms with van der Waals surface area (Å²) in [6, 6.07) is -1.16. The number of carboxylic acids is 2. The van der Waals surface area contributed by atoms with Crippen molar-refractivity contribution in [1.29, 1.82) is 0 Å². The molecule has 0 radical (unpaired) electrons. The monoisotopic (exact) mass is 774 g/mol. The number of hydrogen-bond acceptors (Lipinski definition) is 13. The van der Waals surface area contributed by atoms with E-state index in [4.69, 9.17) is 24.1 Å². The minimum Gasteiger partial charge on any atom is -0.481 e. The molecule has 5 N–H and O–H groups in total. The Balaban J connectivity index is 1.93. The molecule has 54 heavy (non-hydrogen) atoms. The van der Waals surface area contributed by atoms with E-state index in [-0.39, 0.29) is 116 Å². The van der Waals surface area contributed by atoms with E-state index in [1.165, 1.54) is 0 Å². The highest BCUT2D eigenvalue weighted by Crippen LogP contribution is 2.13. The summed E-state index contributed by atoms with van der Waals surface area (Å²) in [7, 11) is 0. The van der Waals surface area contributed by atoms with Gasteiger partial charge in [-0.2, -0.15) is 0 Å². The molecule has 0 aromatic heterocycles. The van der Waals surface area contributed by atoms with E-state index in [0.717, 1.165) is 57.8 Å². The Hall–Kier alpha value is -4.20. The molecule has 0 bridgehead atoms. The number of amides is 5. The maximum atomic E-state index is 12.2. The van der Waals surface area contributed by atoms with Crippen molar-refractivity contribution in [3.8, 4) is 0 Å². The molecule has 1 atom stereocenters. The highest BCUT2D eigenvalue weighted by atomic mass is 16.7. The van der Waals surface area contributed by atoms with Gasteiger partial charge in [0.2, 0.25) is 17.7 Å². The van der Waals surface area contributed by atoms with Crippen LogP contribution >= 0.6 is 0 Å². The van der Waals surface area contributed by atoms with Gasteiger partial charge in [0.05, 0.1) is 39.6 Å². The fourth-order valence-corrected chi connectivity index (χ4v) is 4.99. The number of unbranched alkanes of at least 4 members (excludes halogenated alkanes) is 9. The van der Waals surface area contributed by atoms with Gasteiger partial charge in [0.1, 0.15) is 19.3 Å². The summed E-state index contributed by atoms with van der Waals surface area (Å²) in [5.74, 6) is -5.09. The summed E-state index contributed by atoms with van der Waals surface area (Å²) < 4.78 is 20.9. The Bertz CT molecular complexity index is 1150. The molecule has 1 heterocycles. The first-order valence-electron chi connectivity index (χ1n) is 18.6. The third-order valence-corrected chi connectivity index (χ3v) is 7.87. The first kappa shape index (κ1) is 47.8. The number of ether oxygens (including phenoxy) is 4. The molecule has 1 fully saturated rings. The lowest BCUT2D eigenvalue weighted by molar-refractivity contribution is -0.200. The van der Waals surface area contributed by atoms with Crippen LogP contribution in [0.5, 0.6) is 0 Å². The fourth-order valence-electron chi connectivity index (χ4n) is 4.99. The van der Waals surface area contributed by atoms with Crippen molar-refractivity contribution in [2.75, 3.05) is 65.9 Å². The maximum absolute atomic E-state index is 12.2. The number of imide groups is 1.